The first-order valence-electron chi connectivity index (χ1n) is 5.03. The molecule has 0 N–H and O–H groups in total. The highest BCUT2D eigenvalue weighted by Gasteiger charge is 2.37. The summed E-state index contributed by atoms with van der Waals surface area (Å²) in [5.74, 6) is 0.479. The summed E-state index contributed by atoms with van der Waals surface area (Å²) in [6.07, 6.45) is 8.71. The van der Waals surface area contributed by atoms with Crippen LogP contribution in [0.5, 0.6) is 0 Å². The molecule has 0 amide bonds. The predicted octanol–water partition coefficient (Wildman–Crippen LogP) is 2.42. The molecule has 0 bridgehead atoms. The Hall–Kier alpha value is -0.600. The molecule has 2 heteroatoms. The summed E-state index contributed by atoms with van der Waals surface area (Å²) in [6.45, 7) is 5.06. The largest absolute Gasteiger partial charge is 0.382 e. The van der Waals surface area contributed by atoms with Crippen LogP contribution in [0, 0.1) is 11.3 Å². The Balaban J connectivity index is 2.80. The number of rotatable bonds is 4. The van der Waals surface area contributed by atoms with E-state index in [1.54, 1.807) is 14.2 Å². The van der Waals surface area contributed by atoms with Crippen molar-refractivity contribution in [3.63, 3.8) is 0 Å². The van der Waals surface area contributed by atoms with Gasteiger partial charge in [0.25, 0.3) is 0 Å². The van der Waals surface area contributed by atoms with Gasteiger partial charge in [0.2, 0.25) is 0 Å². The van der Waals surface area contributed by atoms with Crippen molar-refractivity contribution in [2.75, 3.05) is 20.8 Å². The number of hydrogen-bond donors (Lipinski definition) is 0. The van der Waals surface area contributed by atoms with E-state index in [9.17, 15) is 0 Å². The molecule has 1 rings (SSSR count). The average molecular weight is 196 g/mol. The first kappa shape index (κ1) is 11.5. The lowest BCUT2D eigenvalue weighted by molar-refractivity contribution is -0.0434. The third-order valence-electron chi connectivity index (χ3n) is 3.24. The summed E-state index contributed by atoms with van der Waals surface area (Å²) in [5.41, 5.74) is 0.0412. The van der Waals surface area contributed by atoms with Crippen molar-refractivity contribution in [1.82, 2.24) is 0 Å². The van der Waals surface area contributed by atoms with Gasteiger partial charge in [-0.2, -0.15) is 0 Å². The SMILES string of the molecule is COCC(OC)C1(C)C=CC=CC1C. The van der Waals surface area contributed by atoms with Gasteiger partial charge in [-0.15, -0.1) is 0 Å². The van der Waals surface area contributed by atoms with E-state index in [0.717, 1.165) is 0 Å². The van der Waals surface area contributed by atoms with Crippen LogP contribution < -0.4 is 0 Å². The number of ether oxygens (including phenoxy) is 2. The lowest BCUT2D eigenvalue weighted by atomic mass is 9.71. The highest BCUT2D eigenvalue weighted by molar-refractivity contribution is 5.20. The summed E-state index contributed by atoms with van der Waals surface area (Å²) in [4.78, 5) is 0. The Bertz CT molecular complexity index is 232. The Morgan fingerprint density at radius 3 is 2.57 bits per heavy atom. The van der Waals surface area contributed by atoms with Crippen LogP contribution in [0.1, 0.15) is 13.8 Å². The quantitative estimate of drug-likeness (QED) is 0.687. The van der Waals surface area contributed by atoms with Gasteiger partial charge in [-0.1, -0.05) is 38.2 Å². The van der Waals surface area contributed by atoms with Crippen molar-refractivity contribution in [3.8, 4) is 0 Å². The number of hydrogen-bond acceptors (Lipinski definition) is 2. The van der Waals surface area contributed by atoms with Crippen LogP contribution in [-0.2, 0) is 9.47 Å². The Morgan fingerprint density at radius 2 is 2.07 bits per heavy atom. The van der Waals surface area contributed by atoms with Crippen LogP contribution >= 0.6 is 0 Å². The van der Waals surface area contributed by atoms with Crippen molar-refractivity contribution < 1.29 is 9.47 Å². The predicted molar refractivity (Wildman–Crippen MR) is 58.2 cm³/mol. The molecule has 0 saturated carbocycles. The Morgan fingerprint density at radius 1 is 1.36 bits per heavy atom. The van der Waals surface area contributed by atoms with E-state index in [0.29, 0.717) is 12.5 Å². The lowest BCUT2D eigenvalue weighted by Crippen LogP contribution is -2.40. The zero-order chi connectivity index (χ0) is 10.6. The van der Waals surface area contributed by atoms with Crippen molar-refractivity contribution in [2.24, 2.45) is 11.3 Å². The van der Waals surface area contributed by atoms with E-state index in [-0.39, 0.29) is 11.5 Å². The number of methoxy groups -OCH3 is 2. The molecule has 0 aromatic carbocycles. The number of allylic oxidation sites excluding steroid dienone is 3. The van der Waals surface area contributed by atoms with Gasteiger partial charge in [0.15, 0.2) is 0 Å². The fraction of sp³-hybridized carbons (Fsp3) is 0.667. The summed E-state index contributed by atoms with van der Waals surface area (Å²) in [5, 5.41) is 0. The van der Waals surface area contributed by atoms with Crippen molar-refractivity contribution in [3.05, 3.63) is 24.3 Å². The highest BCUT2D eigenvalue weighted by Crippen LogP contribution is 2.37. The van der Waals surface area contributed by atoms with E-state index in [1.807, 2.05) is 0 Å². The third kappa shape index (κ3) is 2.07. The van der Waals surface area contributed by atoms with E-state index in [2.05, 4.69) is 38.2 Å². The molecule has 1 aliphatic rings. The highest BCUT2D eigenvalue weighted by atomic mass is 16.5. The molecular weight excluding hydrogens is 176 g/mol. The van der Waals surface area contributed by atoms with Crippen LogP contribution in [0.15, 0.2) is 24.3 Å². The minimum atomic E-state index is 0.0412. The molecular formula is C12H20O2. The molecule has 0 aliphatic heterocycles. The van der Waals surface area contributed by atoms with Crippen molar-refractivity contribution in [2.45, 2.75) is 20.0 Å². The average Bonchev–Trinajstić information content (AvgIpc) is 2.19. The molecule has 0 aromatic heterocycles. The van der Waals surface area contributed by atoms with E-state index >= 15 is 0 Å². The third-order valence-corrected chi connectivity index (χ3v) is 3.24. The normalized spacial score (nSPS) is 33.3. The Labute approximate surface area is 86.6 Å². The first-order chi connectivity index (χ1) is 6.65. The summed E-state index contributed by atoms with van der Waals surface area (Å²) in [7, 11) is 3.45. The molecule has 80 valence electrons. The van der Waals surface area contributed by atoms with Gasteiger partial charge in [0.1, 0.15) is 0 Å². The van der Waals surface area contributed by atoms with E-state index in [1.165, 1.54) is 0 Å². The minimum Gasteiger partial charge on any atom is -0.382 e. The molecule has 3 atom stereocenters. The van der Waals surface area contributed by atoms with Crippen LogP contribution in [0.25, 0.3) is 0 Å². The monoisotopic (exact) mass is 196 g/mol. The standard InChI is InChI=1S/C12H20O2/c1-10-7-5-6-8-12(10,2)11(14-4)9-13-3/h5-8,10-11H,9H2,1-4H3. The molecule has 0 radical (unpaired) electrons. The fourth-order valence-corrected chi connectivity index (χ4v) is 1.91. The second kappa shape index (κ2) is 4.76. The van der Waals surface area contributed by atoms with Crippen LogP contribution in [-0.4, -0.2) is 26.9 Å². The summed E-state index contributed by atoms with van der Waals surface area (Å²) in [6, 6.07) is 0. The second-order valence-corrected chi connectivity index (χ2v) is 4.08. The smallest absolute Gasteiger partial charge is 0.0897 e. The van der Waals surface area contributed by atoms with E-state index in [4.69, 9.17) is 9.47 Å². The van der Waals surface area contributed by atoms with Gasteiger partial charge >= 0.3 is 0 Å². The molecule has 0 saturated heterocycles. The topological polar surface area (TPSA) is 18.5 Å². The molecule has 14 heavy (non-hydrogen) atoms. The zero-order valence-corrected chi connectivity index (χ0v) is 9.49. The first-order valence-corrected chi connectivity index (χ1v) is 5.03. The molecule has 0 fully saturated rings. The van der Waals surface area contributed by atoms with Gasteiger partial charge in [0.05, 0.1) is 12.7 Å². The molecule has 0 heterocycles. The van der Waals surface area contributed by atoms with Gasteiger partial charge in [0, 0.05) is 19.6 Å². The van der Waals surface area contributed by atoms with Gasteiger partial charge in [-0.05, 0) is 5.92 Å². The maximum atomic E-state index is 5.49. The van der Waals surface area contributed by atoms with Crippen LogP contribution in [0.2, 0.25) is 0 Å². The van der Waals surface area contributed by atoms with E-state index < -0.39 is 0 Å². The van der Waals surface area contributed by atoms with Crippen molar-refractivity contribution >= 4 is 0 Å². The molecule has 0 spiro atoms. The molecule has 0 aromatic rings. The summed E-state index contributed by atoms with van der Waals surface area (Å²) >= 11 is 0. The molecule has 1 aliphatic carbocycles. The van der Waals surface area contributed by atoms with Crippen LogP contribution in [0.4, 0.5) is 0 Å². The Kier molecular flexibility index (Phi) is 3.90. The van der Waals surface area contributed by atoms with Gasteiger partial charge in [-0.25, -0.2) is 0 Å². The maximum Gasteiger partial charge on any atom is 0.0897 e. The zero-order valence-electron chi connectivity index (χ0n) is 9.49. The van der Waals surface area contributed by atoms with Crippen LogP contribution in [0.3, 0.4) is 0 Å². The van der Waals surface area contributed by atoms with Gasteiger partial charge < -0.3 is 9.47 Å². The second-order valence-electron chi connectivity index (χ2n) is 4.08. The summed E-state index contributed by atoms with van der Waals surface area (Å²) < 4.78 is 10.7. The maximum absolute atomic E-state index is 5.49. The molecule has 2 nitrogen and oxygen atoms in total. The van der Waals surface area contributed by atoms with Crippen molar-refractivity contribution in [1.29, 1.82) is 0 Å². The molecule has 3 unspecified atom stereocenters. The van der Waals surface area contributed by atoms with Gasteiger partial charge in [-0.3, -0.25) is 0 Å². The lowest BCUT2D eigenvalue weighted by Gasteiger charge is -2.39. The fourth-order valence-electron chi connectivity index (χ4n) is 1.91. The minimum absolute atomic E-state index is 0.0412.